The van der Waals surface area contributed by atoms with Crippen molar-refractivity contribution in [2.24, 2.45) is 0 Å². The lowest BCUT2D eigenvalue weighted by atomic mass is 10.1. The van der Waals surface area contributed by atoms with E-state index in [0.717, 1.165) is 16.6 Å². The Morgan fingerprint density at radius 3 is 2.59 bits per heavy atom. The zero-order chi connectivity index (χ0) is 19.4. The molecule has 0 saturated heterocycles. The number of hydrogen-bond donors (Lipinski definition) is 1. The van der Waals surface area contributed by atoms with Crippen molar-refractivity contribution in [3.8, 4) is 0 Å². The van der Waals surface area contributed by atoms with E-state index in [1.54, 1.807) is 29.0 Å². The predicted octanol–water partition coefficient (Wildman–Crippen LogP) is 3.23. The summed E-state index contributed by atoms with van der Waals surface area (Å²) in [4.78, 5) is 12.3. The molecule has 0 radical (unpaired) electrons. The van der Waals surface area contributed by atoms with Crippen LogP contribution >= 0.6 is 0 Å². The molecule has 0 spiro atoms. The summed E-state index contributed by atoms with van der Waals surface area (Å²) in [6.07, 6.45) is 3.16. The van der Waals surface area contributed by atoms with Gasteiger partial charge in [0.05, 0.1) is 10.6 Å². The molecule has 0 atom stereocenters. The summed E-state index contributed by atoms with van der Waals surface area (Å²) < 4.78 is 27.9. The van der Waals surface area contributed by atoms with Crippen molar-refractivity contribution in [1.29, 1.82) is 0 Å². The van der Waals surface area contributed by atoms with Gasteiger partial charge in [0.25, 0.3) is 0 Å². The second kappa shape index (κ2) is 7.80. The third-order valence-electron chi connectivity index (χ3n) is 4.45. The summed E-state index contributed by atoms with van der Waals surface area (Å²) in [6, 6.07) is 14.7. The molecule has 3 aromatic rings. The van der Waals surface area contributed by atoms with Gasteiger partial charge in [-0.05, 0) is 24.1 Å². The molecule has 0 saturated carbocycles. The lowest BCUT2D eigenvalue weighted by Crippen LogP contribution is -2.27. The van der Waals surface area contributed by atoms with Gasteiger partial charge < -0.3 is 9.88 Å². The number of carbonyl (C=O) groups is 1. The number of aryl methyl sites for hydroxylation is 1. The van der Waals surface area contributed by atoms with Crippen LogP contribution in [0.4, 0.5) is 0 Å². The van der Waals surface area contributed by atoms with Crippen LogP contribution in [0.3, 0.4) is 0 Å². The fraction of sp³-hybridized carbons (Fsp3) is 0.190. The maximum atomic E-state index is 13.1. The van der Waals surface area contributed by atoms with Gasteiger partial charge in [0.15, 0.2) is 9.84 Å². The zero-order valence-corrected chi connectivity index (χ0v) is 16.0. The van der Waals surface area contributed by atoms with Crippen molar-refractivity contribution in [3.63, 3.8) is 0 Å². The van der Waals surface area contributed by atoms with Gasteiger partial charge in [0.2, 0.25) is 5.91 Å². The van der Waals surface area contributed by atoms with Crippen molar-refractivity contribution in [2.75, 3.05) is 6.54 Å². The van der Waals surface area contributed by atoms with Crippen LogP contribution in [0.15, 0.2) is 72.3 Å². The molecular formula is C21H22N2O3S. The first kappa shape index (κ1) is 18.9. The first-order chi connectivity index (χ1) is 12.9. The lowest BCUT2D eigenvalue weighted by Gasteiger charge is -2.06. The maximum absolute atomic E-state index is 13.1. The molecular weight excluding hydrogens is 360 g/mol. The van der Waals surface area contributed by atoms with E-state index in [4.69, 9.17) is 0 Å². The summed E-state index contributed by atoms with van der Waals surface area (Å²) in [5.74, 6) is -0.269. The summed E-state index contributed by atoms with van der Waals surface area (Å²) in [5, 5.41) is 3.34. The van der Waals surface area contributed by atoms with Gasteiger partial charge >= 0.3 is 0 Å². The number of nitrogens with one attached hydrogen (secondary N) is 1. The molecule has 140 valence electrons. The van der Waals surface area contributed by atoms with Gasteiger partial charge in [-0.25, -0.2) is 8.42 Å². The molecule has 1 N–H and O–H groups in total. The molecule has 5 nitrogen and oxygen atoms in total. The number of amides is 1. The Bertz CT molecular complexity index is 1100. The number of nitrogens with zero attached hydrogens (tertiary/aromatic N) is 1. The minimum Gasteiger partial charge on any atom is -0.351 e. The third kappa shape index (κ3) is 4.11. The van der Waals surface area contributed by atoms with Crippen LogP contribution < -0.4 is 5.32 Å². The van der Waals surface area contributed by atoms with Crippen molar-refractivity contribution in [2.45, 2.75) is 24.1 Å². The van der Waals surface area contributed by atoms with Crippen LogP contribution in [0.5, 0.6) is 0 Å². The normalized spacial score (nSPS) is 11.4. The van der Waals surface area contributed by atoms with Gasteiger partial charge in [-0.2, -0.15) is 0 Å². The molecule has 2 aromatic carbocycles. The first-order valence-electron chi connectivity index (χ1n) is 8.65. The van der Waals surface area contributed by atoms with Crippen molar-refractivity contribution in [3.05, 3.63) is 78.5 Å². The fourth-order valence-corrected chi connectivity index (χ4v) is 4.73. The number of para-hydroxylation sites is 1. The molecule has 0 aliphatic carbocycles. The Balaban J connectivity index is 2.00. The van der Waals surface area contributed by atoms with E-state index in [1.807, 2.05) is 43.3 Å². The highest BCUT2D eigenvalue weighted by Crippen LogP contribution is 2.28. The molecule has 27 heavy (non-hydrogen) atoms. The summed E-state index contributed by atoms with van der Waals surface area (Å²) in [6.45, 7) is 5.89. The largest absolute Gasteiger partial charge is 0.351 e. The third-order valence-corrected chi connectivity index (χ3v) is 6.14. The molecule has 0 aliphatic rings. The standard InChI is InChI=1S/C21H22N2O3S/c1-3-12-22-21(24)14-23-13-20(18-10-6-7-11-19(18)23)27(25,26)15-17-9-5-4-8-16(17)2/h3-11,13H,1,12,14-15H2,2H3,(H,22,24). The average Bonchev–Trinajstić information content (AvgIpc) is 3.01. The monoisotopic (exact) mass is 382 g/mol. The second-order valence-corrected chi connectivity index (χ2v) is 8.37. The molecule has 3 rings (SSSR count). The molecule has 1 heterocycles. The van der Waals surface area contributed by atoms with Crippen LogP contribution in [0, 0.1) is 6.92 Å². The smallest absolute Gasteiger partial charge is 0.240 e. The molecule has 0 unspecified atom stereocenters. The quantitative estimate of drug-likeness (QED) is 0.638. The maximum Gasteiger partial charge on any atom is 0.240 e. The van der Waals surface area contributed by atoms with E-state index >= 15 is 0 Å². The minimum atomic E-state index is -3.56. The van der Waals surface area contributed by atoms with E-state index in [-0.39, 0.29) is 23.1 Å². The molecule has 1 aromatic heterocycles. The summed E-state index contributed by atoms with van der Waals surface area (Å²) in [5.41, 5.74) is 2.43. The van der Waals surface area contributed by atoms with Gasteiger partial charge in [0, 0.05) is 23.6 Å². The number of carbonyl (C=O) groups excluding carboxylic acids is 1. The van der Waals surface area contributed by atoms with Crippen LogP contribution in [0.1, 0.15) is 11.1 Å². The van der Waals surface area contributed by atoms with E-state index in [1.165, 1.54) is 0 Å². The Labute approximate surface area is 159 Å². The minimum absolute atomic E-state index is 0.0498. The number of sulfone groups is 1. The number of rotatable bonds is 7. The van der Waals surface area contributed by atoms with Crippen LogP contribution in [0.2, 0.25) is 0 Å². The molecule has 6 heteroatoms. The Morgan fingerprint density at radius 1 is 1.15 bits per heavy atom. The van der Waals surface area contributed by atoms with Crippen LogP contribution in [-0.4, -0.2) is 25.4 Å². The highest BCUT2D eigenvalue weighted by atomic mass is 32.2. The van der Waals surface area contributed by atoms with E-state index in [0.29, 0.717) is 11.9 Å². The fourth-order valence-electron chi connectivity index (χ4n) is 3.04. The molecule has 0 bridgehead atoms. The van der Waals surface area contributed by atoms with Gasteiger partial charge in [0.1, 0.15) is 6.54 Å². The zero-order valence-electron chi connectivity index (χ0n) is 15.2. The Morgan fingerprint density at radius 2 is 1.85 bits per heavy atom. The number of fused-ring (bicyclic) bond motifs is 1. The van der Waals surface area contributed by atoms with Crippen molar-refractivity contribution < 1.29 is 13.2 Å². The van der Waals surface area contributed by atoms with Crippen LogP contribution in [0.25, 0.3) is 10.9 Å². The lowest BCUT2D eigenvalue weighted by molar-refractivity contribution is -0.121. The Hall–Kier alpha value is -2.86. The summed E-state index contributed by atoms with van der Waals surface area (Å²) >= 11 is 0. The predicted molar refractivity (Wildman–Crippen MR) is 107 cm³/mol. The molecule has 0 aliphatic heterocycles. The van der Waals surface area contributed by atoms with Gasteiger partial charge in [-0.3, -0.25) is 4.79 Å². The molecule has 0 fully saturated rings. The van der Waals surface area contributed by atoms with Crippen LogP contribution in [-0.2, 0) is 26.9 Å². The first-order valence-corrected chi connectivity index (χ1v) is 10.3. The number of aromatic nitrogens is 1. The van der Waals surface area contributed by atoms with E-state index < -0.39 is 9.84 Å². The van der Waals surface area contributed by atoms with E-state index in [2.05, 4.69) is 11.9 Å². The number of hydrogen-bond acceptors (Lipinski definition) is 3. The SMILES string of the molecule is C=CCNC(=O)Cn1cc(S(=O)(=O)Cc2ccccc2C)c2ccccc21. The second-order valence-electron chi connectivity index (χ2n) is 6.42. The van der Waals surface area contributed by atoms with Crippen molar-refractivity contribution in [1.82, 2.24) is 9.88 Å². The highest BCUT2D eigenvalue weighted by molar-refractivity contribution is 7.90. The van der Waals surface area contributed by atoms with Crippen molar-refractivity contribution >= 4 is 26.6 Å². The summed E-state index contributed by atoms with van der Waals surface area (Å²) in [7, 11) is -3.56. The van der Waals surface area contributed by atoms with Gasteiger partial charge in [-0.15, -0.1) is 6.58 Å². The highest BCUT2D eigenvalue weighted by Gasteiger charge is 2.22. The number of benzene rings is 2. The average molecular weight is 382 g/mol. The Kier molecular flexibility index (Phi) is 5.46. The van der Waals surface area contributed by atoms with E-state index in [9.17, 15) is 13.2 Å². The molecule has 1 amide bonds. The topological polar surface area (TPSA) is 68.2 Å². The van der Waals surface area contributed by atoms with Gasteiger partial charge in [-0.1, -0.05) is 48.5 Å².